The van der Waals surface area contributed by atoms with Crippen molar-refractivity contribution in [3.05, 3.63) is 18.2 Å². The molecule has 0 atom stereocenters. The van der Waals surface area contributed by atoms with Crippen LogP contribution in [0.1, 0.15) is 0 Å². The van der Waals surface area contributed by atoms with Crippen LogP contribution in [0.5, 0.6) is 5.75 Å². The monoisotopic (exact) mass is 155 g/mol. The Morgan fingerprint density at radius 3 is 2.70 bits per heavy atom. The number of hydrogen-bond donors (Lipinski definition) is 2. The van der Waals surface area contributed by atoms with E-state index in [1.54, 1.807) is 6.07 Å². The van der Waals surface area contributed by atoms with Gasteiger partial charge >= 0.3 is 0 Å². The highest BCUT2D eigenvalue weighted by Gasteiger charge is 1.98. The minimum Gasteiger partial charge on any atom is -0.507 e. The van der Waals surface area contributed by atoms with Crippen molar-refractivity contribution in [3.8, 4) is 5.75 Å². The van der Waals surface area contributed by atoms with E-state index in [1.807, 2.05) is 0 Å². The van der Waals surface area contributed by atoms with E-state index in [-0.39, 0.29) is 14.2 Å². The van der Waals surface area contributed by atoms with Crippen LogP contribution in [-0.2, 0) is 4.57 Å². The van der Waals surface area contributed by atoms with Crippen LogP contribution in [0.25, 0.3) is 0 Å². The smallest absolute Gasteiger partial charge is 0.196 e. The summed E-state index contributed by atoms with van der Waals surface area (Å²) < 4.78 is 10.3. The molecule has 0 heterocycles. The Labute approximate surface area is 59.7 Å². The van der Waals surface area contributed by atoms with Crippen molar-refractivity contribution in [3.63, 3.8) is 0 Å². The Balaban J connectivity index is 3.21. The topological polar surface area (TPSA) is 63.3 Å². The molecule has 10 heavy (non-hydrogen) atoms. The number of phenols is 1. The molecular weight excluding hydrogens is 149 g/mol. The van der Waals surface area contributed by atoms with E-state index in [1.165, 1.54) is 12.1 Å². The Morgan fingerprint density at radius 1 is 1.50 bits per heavy atom. The zero-order valence-corrected chi connectivity index (χ0v) is 6.01. The third-order valence-corrected chi connectivity index (χ3v) is 1.65. The average Bonchev–Trinajstić information content (AvgIpc) is 1.94. The van der Waals surface area contributed by atoms with Gasteiger partial charge in [0.1, 0.15) is 5.75 Å². The maximum absolute atomic E-state index is 10.3. The number of anilines is 1. The number of hydrogen-bond acceptors (Lipinski definition) is 3. The quantitative estimate of drug-likeness (QED) is 0.359. The van der Waals surface area contributed by atoms with Gasteiger partial charge in [-0.1, -0.05) is 0 Å². The summed E-state index contributed by atoms with van der Waals surface area (Å²) in [7, 11) is -0.213. The molecule has 0 aromatic heterocycles. The van der Waals surface area contributed by atoms with Crippen molar-refractivity contribution in [1.29, 1.82) is 0 Å². The third kappa shape index (κ3) is 1.25. The molecule has 0 saturated heterocycles. The first kappa shape index (κ1) is 7.03. The number of nitrogens with two attached hydrogens (primary N) is 1. The van der Waals surface area contributed by atoms with Gasteiger partial charge in [-0.3, -0.25) is 4.57 Å². The number of phenolic OH excluding ortho intramolecular Hbond substituents is 1. The zero-order valence-electron chi connectivity index (χ0n) is 5.11. The van der Waals surface area contributed by atoms with Gasteiger partial charge in [0.25, 0.3) is 0 Å². The maximum atomic E-state index is 10.3. The molecule has 1 aromatic rings. The lowest BCUT2D eigenvalue weighted by molar-refractivity contribution is 0.479. The van der Waals surface area contributed by atoms with E-state index in [9.17, 15) is 4.57 Å². The molecule has 1 aromatic carbocycles. The van der Waals surface area contributed by atoms with Gasteiger partial charge in [0, 0.05) is 5.69 Å². The molecule has 0 aliphatic carbocycles. The predicted molar refractivity (Wildman–Crippen MR) is 39.8 cm³/mol. The molecule has 0 aliphatic rings. The van der Waals surface area contributed by atoms with E-state index < -0.39 is 0 Å². The molecule has 0 amide bonds. The highest BCUT2D eigenvalue weighted by Crippen LogP contribution is 2.13. The van der Waals surface area contributed by atoms with Crippen LogP contribution in [-0.4, -0.2) is 5.11 Å². The third-order valence-electron chi connectivity index (χ3n) is 1.10. The molecule has 0 fully saturated rings. The summed E-state index contributed by atoms with van der Waals surface area (Å²) >= 11 is 0. The van der Waals surface area contributed by atoms with Gasteiger partial charge in [-0.2, -0.15) is 0 Å². The van der Waals surface area contributed by atoms with Crippen molar-refractivity contribution in [2.45, 2.75) is 0 Å². The lowest BCUT2D eigenvalue weighted by atomic mass is 10.3. The molecule has 0 unspecified atom stereocenters. The lowest BCUT2D eigenvalue weighted by Gasteiger charge is -1.95. The number of benzene rings is 1. The van der Waals surface area contributed by atoms with Crippen LogP contribution in [0.3, 0.4) is 0 Å². The summed E-state index contributed by atoms with van der Waals surface area (Å²) in [5.74, 6) is 0.00543. The minimum absolute atomic E-state index is 0.00543. The van der Waals surface area contributed by atoms with E-state index in [0.29, 0.717) is 11.0 Å². The Morgan fingerprint density at radius 2 is 2.20 bits per heavy atom. The largest absolute Gasteiger partial charge is 0.507 e. The van der Waals surface area contributed by atoms with Gasteiger partial charge in [-0.25, -0.2) is 0 Å². The van der Waals surface area contributed by atoms with Crippen molar-refractivity contribution in [2.24, 2.45) is 0 Å². The first-order chi connectivity index (χ1) is 4.74. The number of aromatic hydroxyl groups is 1. The van der Waals surface area contributed by atoms with Gasteiger partial charge < -0.3 is 10.8 Å². The van der Waals surface area contributed by atoms with Crippen LogP contribution >= 0.6 is 8.46 Å². The second-order valence-corrected chi connectivity index (χ2v) is 2.50. The standard InChI is InChI=1S/C6H6NO2P/c7-4-1-2-5(8)6(3-4)10-9/h1-3,8H,7H2. The molecule has 3 N–H and O–H groups in total. The van der Waals surface area contributed by atoms with Gasteiger partial charge in [0.2, 0.25) is 0 Å². The van der Waals surface area contributed by atoms with E-state index in [2.05, 4.69) is 0 Å². The van der Waals surface area contributed by atoms with Crippen molar-refractivity contribution >= 4 is 19.5 Å². The summed E-state index contributed by atoms with van der Waals surface area (Å²) in [5, 5.41) is 9.29. The Kier molecular flexibility index (Phi) is 1.88. The normalized spacial score (nSPS) is 10.0. The van der Waals surface area contributed by atoms with Crippen LogP contribution in [0, 0.1) is 0 Å². The second-order valence-electron chi connectivity index (χ2n) is 1.84. The van der Waals surface area contributed by atoms with Crippen LogP contribution in [0.4, 0.5) is 5.69 Å². The molecule has 1 rings (SSSR count). The van der Waals surface area contributed by atoms with Crippen LogP contribution in [0.15, 0.2) is 18.2 Å². The average molecular weight is 155 g/mol. The van der Waals surface area contributed by atoms with Gasteiger partial charge in [0.15, 0.2) is 8.46 Å². The van der Waals surface area contributed by atoms with Gasteiger partial charge in [-0.15, -0.1) is 0 Å². The fourth-order valence-electron chi connectivity index (χ4n) is 0.614. The minimum atomic E-state index is -0.213. The van der Waals surface area contributed by atoms with Gasteiger partial charge in [-0.05, 0) is 18.2 Å². The first-order valence-corrected chi connectivity index (χ1v) is 3.47. The SMILES string of the molecule is Nc1ccc(O)c(P=O)c1. The van der Waals surface area contributed by atoms with E-state index in [4.69, 9.17) is 10.8 Å². The highest BCUT2D eigenvalue weighted by atomic mass is 31.1. The summed E-state index contributed by atoms with van der Waals surface area (Å²) in [6, 6.07) is 4.42. The predicted octanol–water partition coefficient (Wildman–Crippen LogP) is 0.891. The zero-order chi connectivity index (χ0) is 7.56. The van der Waals surface area contributed by atoms with Gasteiger partial charge in [0.05, 0.1) is 5.30 Å². The number of rotatable bonds is 1. The van der Waals surface area contributed by atoms with E-state index in [0.717, 1.165) is 0 Å². The Bertz CT molecular complexity index is 262. The molecule has 0 radical (unpaired) electrons. The molecule has 0 spiro atoms. The molecule has 0 bridgehead atoms. The van der Waals surface area contributed by atoms with Crippen molar-refractivity contribution in [2.75, 3.05) is 5.73 Å². The first-order valence-electron chi connectivity index (χ1n) is 2.66. The Hall–Kier alpha value is -1.08. The molecule has 3 nitrogen and oxygen atoms in total. The fraction of sp³-hybridized carbons (Fsp3) is 0. The molecule has 0 aliphatic heterocycles. The highest BCUT2D eigenvalue weighted by molar-refractivity contribution is 7.34. The summed E-state index contributed by atoms with van der Waals surface area (Å²) in [5.41, 5.74) is 5.85. The van der Waals surface area contributed by atoms with Crippen molar-refractivity contribution < 1.29 is 9.67 Å². The fourth-order valence-corrected chi connectivity index (χ4v) is 0.983. The molecule has 4 heteroatoms. The molecular formula is C6H6NO2P. The summed E-state index contributed by atoms with van der Waals surface area (Å²) in [6.45, 7) is 0. The molecule has 52 valence electrons. The van der Waals surface area contributed by atoms with Crippen molar-refractivity contribution in [1.82, 2.24) is 0 Å². The number of nitrogen functional groups attached to an aromatic ring is 1. The summed E-state index contributed by atoms with van der Waals surface area (Å²) in [6.07, 6.45) is 0. The molecule has 0 saturated carbocycles. The van der Waals surface area contributed by atoms with E-state index >= 15 is 0 Å². The maximum Gasteiger partial charge on any atom is 0.196 e. The lowest BCUT2D eigenvalue weighted by Crippen LogP contribution is -1.95. The van der Waals surface area contributed by atoms with Crippen LogP contribution in [0.2, 0.25) is 0 Å². The second kappa shape index (κ2) is 2.67. The summed E-state index contributed by atoms with van der Waals surface area (Å²) in [4.78, 5) is 0. The van der Waals surface area contributed by atoms with Crippen LogP contribution < -0.4 is 11.0 Å².